The van der Waals surface area contributed by atoms with Crippen molar-refractivity contribution in [2.75, 3.05) is 26.7 Å². The maximum Gasteiger partial charge on any atom is 0.233 e. The number of piperidine rings is 1. The van der Waals surface area contributed by atoms with Crippen molar-refractivity contribution < 1.29 is 17.9 Å². The van der Waals surface area contributed by atoms with Crippen LogP contribution in [0.25, 0.3) is 6.08 Å². The first-order valence-corrected chi connectivity index (χ1v) is 12.4. The lowest BCUT2D eigenvalue weighted by molar-refractivity contribution is -0.121. The zero-order chi connectivity index (χ0) is 22.8. The standard InChI is InChI=1S/C24H31N3O4S/c1-31-23-9-5-8-21(18-23)19-27-15-11-22(12-16-27)26-24(28)10-14-25-32(29,30)17-13-20-6-3-2-4-7-20/h2-9,13,17-18,22,25H,10-12,14-16,19H2,1H3,(H,26,28). The first kappa shape index (κ1) is 24.0. The van der Waals surface area contributed by atoms with Gasteiger partial charge < -0.3 is 10.1 Å². The normalized spacial score (nSPS) is 15.7. The Bertz CT molecular complexity index is 1000. The fraction of sp³-hybridized carbons (Fsp3) is 0.375. The number of amides is 1. The van der Waals surface area contributed by atoms with Crippen LogP contribution >= 0.6 is 0 Å². The largest absolute Gasteiger partial charge is 0.497 e. The summed E-state index contributed by atoms with van der Waals surface area (Å²) in [6, 6.07) is 17.4. The highest BCUT2D eigenvalue weighted by molar-refractivity contribution is 7.92. The summed E-state index contributed by atoms with van der Waals surface area (Å²) < 4.78 is 31.8. The number of hydrogen-bond donors (Lipinski definition) is 2. The van der Waals surface area contributed by atoms with Crippen LogP contribution in [0.5, 0.6) is 5.75 Å². The van der Waals surface area contributed by atoms with Crippen LogP contribution in [0.1, 0.15) is 30.4 Å². The molecule has 2 N–H and O–H groups in total. The molecule has 2 aromatic rings. The third-order valence-corrected chi connectivity index (χ3v) is 6.49. The zero-order valence-corrected chi connectivity index (χ0v) is 19.2. The monoisotopic (exact) mass is 457 g/mol. The van der Waals surface area contributed by atoms with Crippen LogP contribution in [0.15, 0.2) is 60.0 Å². The van der Waals surface area contributed by atoms with Crippen molar-refractivity contribution in [1.82, 2.24) is 14.9 Å². The molecule has 2 aromatic carbocycles. The SMILES string of the molecule is COc1cccc(CN2CCC(NC(=O)CCNS(=O)(=O)C=Cc3ccccc3)CC2)c1. The van der Waals surface area contributed by atoms with Crippen molar-refractivity contribution in [2.24, 2.45) is 0 Å². The number of nitrogens with zero attached hydrogens (tertiary/aromatic N) is 1. The maximum atomic E-state index is 12.2. The number of likely N-dealkylation sites (tertiary alicyclic amines) is 1. The Morgan fingerprint density at radius 3 is 2.59 bits per heavy atom. The summed E-state index contributed by atoms with van der Waals surface area (Å²) in [5, 5.41) is 4.15. The fourth-order valence-electron chi connectivity index (χ4n) is 3.65. The third kappa shape index (κ3) is 8.11. The molecule has 7 nitrogen and oxygen atoms in total. The molecule has 1 aliphatic rings. The van der Waals surface area contributed by atoms with Crippen LogP contribution in [0.2, 0.25) is 0 Å². The summed E-state index contributed by atoms with van der Waals surface area (Å²) in [4.78, 5) is 14.6. The van der Waals surface area contributed by atoms with E-state index in [1.165, 1.54) is 11.6 Å². The molecule has 0 spiro atoms. The number of methoxy groups -OCH3 is 1. The van der Waals surface area contributed by atoms with Crippen molar-refractivity contribution in [3.8, 4) is 5.75 Å². The summed E-state index contributed by atoms with van der Waals surface area (Å²) in [6.45, 7) is 2.73. The van der Waals surface area contributed by atoms with E-state index in [0.717, 1.165) is 49.2 Å². The van der Waals surface area contributed by atoms with Gasteiger partial charge in [-0.2, -0.15) is 0 Å². The molecule has 1 fully saturated rings. The lowest BCUT2D eigenvalue weighted by atomic mass is 10.0. The molecule has 172 valence electrons. The lowest BCUT2D eigenvalue weighted by Gasteiger charge is -2.32. The Morgan fingerprint density at radius 2 is 1.88 bits per heavy atom. The molecular formula is C24H31N3O4S. The first-order valence-electron chi connectivity index (χ1n) is 10.8. The fourth-order valence-corrected chi connectivity index (χ4v) is 4.47. The number of ether oxygens (including phenoxy) is 1. The van der Waals surface area contributed by atoms with Crippen LogP contribution < -0.4 is 14.8 Å². The number of benzene rings is 2. The van der Waals surface area contributed by atoms with Gasteiger partial charge in [0.05, 0.1) is 7.11 Å². The van der Waals surface area contributed by atoms with Crippen LogP contribution in [0.3, 0.4) is 0 Å². The molecular weight excluding hydrogens is 426 g/mol. The van der Waals surface area contributed by atoms with E-state index in [1.54, 1.807) is 7.11 Å². The van der Waals surface area contributed by atoms with Crippen molar-refractivity contribution in [1.29, 1.82) is 0 Å². The minimum absolute atomic E-state index is 0.0714. The number of nitrogens with one attached hydrogen (secondary N) is 2. The number of sulfonamides is 1. The average molecular weight is 458 g/mol. The number of carbonyl (C=O) groups is 1. The Kier molecular flexibility index (Phi) is 8.84. The van der Waals surface area contributed by atoms with Gasteiger partial charge >= 0.3 is 0 Å². The van der Waals surface area contributed by atoms with Crippen molar-refractivity contribution in [3.63, 3.8) is 0 Å². The minimum atomic E-state index is -3.58. The van der Waals surface area contributed by atoms with Crippen LogP contribution in [-0.4, -0.2) is 52.0 Å². The first-order chi connectivity index (χ1) is 15.4. The summed E-state index contributed by atoms with van der Waals surface area (Å²) in [6.07, 6.45) is 3.40. The van der Waals surface area contributed by atoms with Gasteiger partial charge in [0.1, 0.15) is 5.75 Å². The Hall–Kier alpha value is -2.68. The van der Waals surface area contributed by atoms with Gasteiger partial charge in [-0.3, -0.25) is 9.69 Å². The number of rotatable bonds is 10. The number of carbonyl (C=O) groups excluding carboxylic acids is 1. The van der Waals surface area contributed by atoms with E-state index >= 15 is 0 Å². The van der Waals surface area contributed by atoms with E-state index in [-0.39, 0.29) is 24.9 Å². The highest BCUT2D eigenvalue weighted by atomic mass is 32.2. The van der Waals surface area contributed by atoms with Crippen LogP contribution in [0, 0.1) is 0 Å². The Labute approximate surface area is 190 Å². The van der Waals surface area contributed by atoms with E-state index in [2.05, 4.69) is 21.0 Å². The van der Waals surface area contributed by atoms with Gasteiger partial charge in [-0.15, -0.1) is 0 Å². The Balaban J connectivity index is 1.34. The molecule has 0 unspecified atom stereocenters. The smallest absolute Gasteiger partial charge is 0.233 e. The summed E-state index contributed by atoms with van der Waals surface area (Å²) >= 11 is 0. The molecule has 0 aromatic heterocycles. The second-order valence-electron chi connectivity index (χ2n) is 7.87. The highest BCUT2D eigenvalue weighted by Gasteiger charge is 2.21. The predicted octanol–water partition coefficient (Wildman–Crippen LogP) is 2.76. The molecule has 1 saturated heterocycles. The molecule has 0 atom stereocenters. The highest BCUT2D eigenvalue weighted by Crippen LogP contribution is 2.17. The van der Waals surface area contributed by atoms with Crippen molar-refractivity contribution in [2.45, 2.75) is 31.8 Å². The average Bonchev–Trinajstić information content (AvgIpc) is 2.80. The lowest BCUT2D eigenvalue weighted by Crippen LogP contribution is -2.44. The van der Waals surface area contributed by atoms with Crippen LogP contribution in [0.4, 0.5) is 0 Å². The second kappa shape index (κ2) is 11.8. The molecule has 8 heteroatoms. The van der Waals surface area contributed by atoms with Crippen molar-refractivity contribution in [3.05, 3.63) is 71.1 Å². The van der Waals surface area contributed by atoms with Gasteiger partial charge in [0.25, 0.3) is 0 Å². The second-order valence-corrected chi connectivity index (χ2v) is 9.52. The van der Waals surface area contributed by atoms with E-state index in [9.17, 15) is 13.2 Å². The molecule has 3 rings (SSSR count). The zero-order valence-electron chi connectivity index (χ0n) is 18.4. The summed E-state index contributed by atoms with van der Waals surface area (Å²) in [5.41, 5.74) is 2.01. The van der Waals surface area contributed by atoms with E-state index in [0.29, 0.717) is 0 Å². The molecule has 0 saturated carbocycles. The maximum absolute atomic E-state index is 12.2. The minimum Gasteiger partial charge on any atom is -0.497 e. The number of hydrogen-bond acceptors (Lipinski definition) is 5. The molecule has 1 heterocycles. The molecule has 0 aliphatic carbocycles. The predicted molar refractivity (Wildman–Crippen MR) is 126 cm³/mol. The molecule has 0 radical (unpaired) electrons. The topological polar surface area (TPSA) is 87.7 Å². The van der Waals surface area contributed by atoms with Gasteiger partial charge in [-0.05, 0) is 42.2 Å². The quantitative estimate of drug-likeness (QED) is 0.573. The molecule has 32 heavy (non-hydrogen) atoms. The molecule has 0 bridgehead atoms. The summed E-state index contributed by atoms with van der Waals surface area (Å²) in [5.74, 6) is 0.724. The van der Waals surface area contributed by atoms with Gasteiger partial charge in [-0.25, -0.2) is 13.1 Å². The van der Waals surface area contributed by atoms with Gasteiger partial charge in [0.15, 0.2) is 0 Å². The molecule has 1 aliphatic heterocycles. The van der Waals surface area contributed by atoms with Gasteiger partial charge in [0.2, 0.25) is 15.9 Å². The van der Waals surface area contributed by atoms with Crippen molar-refractivity contribution >= 4 is 22.0 Å². The van der Waals surface area contributed by atoms with Gasteiger partial charge in [0, 0.05) is 44.0 Å². The van der Waals surface area contributed by atoms with E-state index in [4.69, 9.17) is 4.74 Å². The third-order valence-electron chi connectivity index (χ3n) is 5.39. The Morgan fingerprint density at radius 1 is 1.12 bits per heavy atom. The molecule has 1 amide bonds. The van der Waals surface area contributed by atoms with E-state index < -0.39 is 10.0 Å². The van der Waals surface area contributed by atoms with Gasteiger partial charge in [-0.1, -0.05) is 42.5 Å². The summed E-state index contributed by atoms with van der Waals surface area (Å²) in [7, 11) is -1.91. The van der Waals surface area contributed by atoms with Crippen LogP contribution in [-0.2, 0) is 21.4 Å². The van der Waals surface area contributed by atoms with E-state index in [1.807, 2.05) is 48.5 Å².